The molecule has 0 heterocycles. The van der Waals surface area contributed by atoms with Gasteiger partial charge in [0.15, 0.2) is 0 Å². The lowest BCUT2D eigenvalue weighted by atomic mass is 9.42. The minimum Gasteiger partial charge on any atom is -0.390 e. The summed E-state index contributed by atoms with van der Waals surface area (Å²) in [5.74, 6) is 3.62. The summed E-state index contributed by atoms with van der Waals surface area (Å²) < 4.78 is 0. The van der Waals surface area contributed by atoms with E-state index in [0.29, 0.717) is 36.0 Å². The van der Waals surface area contributed by atoms with E-state index in [0.717, 1.165) is 24.2 Å². The Balaban J connectivity index is 1.55. The van der Waals surface area contributed by atoms with Crippen LogP contribution in [0.1, 0.15) is 98.8 Å². The first-order valence-corrected chi connectivity index (χ1v) is 13.2. The number of aliphatic hydroxyl groups is 4. The first kappa shape index (κ1) is 24.0. The van der Waals surface area contributed by atoms with Crippen molar-refractivity contribution in [3.63, 3.8) is 0 Å². The van der Waals surface area contributed by atoms with Crippen LogP contribution in [0.15, 0.2) is 0 Å². The zero-order chi connectivity index (χ0) is 22.8. The monoisotopic (exact) mass is 436 g/mol. The number of hydrogen-bond acceptors (Lipinski definition) is 4. The fourth-order valence-corrected chi connectivity index (χ4v) is 9.31. The molecule has 31 heavy (non-hydrogen) atoms. The average Bonchev–Trinajstić information content (AvgIpc) is 3.03. The van der Waals surface area contributed by atoms with Gasteiger partial charge in [0, 0.05) is 11.8 Å². The molecule has 0 radical (unpaired) electrons. The van der Waals surface area contributed by atoms with Crippen molar-refractivity contribution in [2.75, 3.05) is 0 Å². The molecule has 4 fully saturated rings. The SMILES string of the molecule is CC(C)CCC[C@@H](C)[C@H]1CC[C@H]2[C@@H]3CC(O)C4(O)CC(O)C(O)C[C@]4(C)[C@H]3CC[C@]12C. The Kier molecular flexibility index (Phi) is 6.38. The van der Waals surface area contributed by atoms with E-state index < -0.39 is 29.3 Å². The van der Waals surface area contributed by atoms with Crippen molar-refractivity contribution in [1.29, 1.82) is 0 Å². The molecule has 0 spiro atoms. The average molecular weight is 437 g/mol. The van der Waals surface area contributed by atoms with E-state index in [-0.39, 0.29) is 6.42 Å². The molecule has 0 bridgehead atoms. The molecule has 0 saturated heterocycles. The highest BCUT2D eigenvalue weighted by molar-refractivity contribution is 5.18. The fraction of sp³-hybridized carbons (Fsp3) is 1.00. The lowest BCUT2D eigenvalue weighted by Gasteiger charge is -2.66. The molecule has 4 rings (SSSR count). The summed E-state index contributed by atoms with van der Waals surface area (Å²) in [5.41, 5.74) is -1.49. The minimum absolute atomic E-state index is 0.0898. The molecule has 0 aromatic carbocycles. The van der Waals surface area contributed by atoms with E-state index >= 15 is 0 Å². The van der Waals surface area contributed by atoms with Crippen LogP contribution < -0.4 is 0 Å². The molecular weight excluding hydrogens is 388 g/mol. The van der Waals surface area contributed by atoms with Gasteiger partial charge in [-0.2, -0.15) is 0 Å². The molecule has 0 amide bonds. The predicted octanol–water partition coefficient (Wildman–Crippen LogP) is 4.53. The Hall–Kier alpha value is -0.160. The van der Waals surface area contributed by atoms with Gasteiger partial charge in [-0.3, -0.25) is 0 Å². The molecule has 4 nitrogen and oxygen atoms in total. The van der Waals surface area contributed by atoms with Gasteiger partial charge in [-0.1, -0.05) is 53.9 Å². The maximum absolute atomic E-state index is 11.6. The van der Waals surface area contributed by atoms with E-state index in [1.165, 1.54) is 38.5 Å². The van der Waals surface area contributed by atoms with E-state index in [1.807, 2.05) is 0 Å². The second-order valence-electron chi connectivity index (χ2n) is 13.0. The Morgan fingerprint density at radius 3 is 2.23 bits per heavy atom. The van der Waals surface area contributed by atoms with Crippen molar-refractivity contribution in [3.8, 4) is 0 Å². The summed E-state index contributed by atoms with van der Waals surface area (Å²) in [6.07, 6.45) is 7.33. The van der Waals surface area contributed by atoms with Gasteiger partial charge in [-0.05, 0) is 79.4 Å². The first-order chi connectivity index (χ1) is 14.4. The minimum atomic E-state index is -1.29. The van der Waals surface area contributed by atoms with Crippen molar-refractivity contribution in [2.24, 2.45) is 46.3 Å². The predicted molar refractivity (Wildman–Crippen MR) is 123 cm³/mol. The molecule has 4 aliphatic carbocycles. The maximum atomic E-state index is 11.6. The van der Waals surface area contributed by atoms with Gasteiger partial charge in [0.05, 0.1) is 23.9 Å². The summed E-state index contributed by atoms with van der Waals surface area (Å²) >= 11 is 0. The largest absolute Gasteiger partial charge is 0.390 e. The normalized spacial score (nSPS) is 53.0. The highest BCUT2D eigenvalue weighted by Gasteiger charge is 2.68. The molecule has 11 atom stereocenters. The number of rotatable bonds is 5. The third-order valence-electron chi connectivity index (χ3n) is 11.1. The lowest BCUT2D eigenvalue weighted by Crippen LogP contribution is -2.70. The number of hydrogen-bond donors (Lipinski definition) is 4. The van der Waals surface area contributed by atoms with E-state index in [4.69, 9.17) is 0 Å². The molecule has 4 N–H and O–H groups in total. The fourth-order valence-electron chi connectivity index (χ4n) is 9.31. The smallest absolute Gasteiger partial charge is 0.0987 e. The zero-order valence-corrected chi connectivity index (χ0v) is 20.6. The Morgan fingerprint density at radius 2 is 1.55 bits per heavy atom. The zero-order valence-electron chi connectivity index (χ0n) is 20.6. The number of fused-ring (bicyclic) bond motifs is 5. The Bertz CT molecular complexity index is 651. The van der Waals surface area contributed by atoms with Gasteiger partial charge in [0.2, 0.25) is 0 Å². The molecule has 4 heteroatoms. The summed E-state index contributed by atoms with van der Waals surface area (Å²) in [5, 5.41) is 43.6. The summed E-state index contributed by atoms with van der Waals surface area (Å²) in [6.45, 7) is 11.7. The molecule has 180 valence electrons. The molecular formula is C27H48O4. The van der Waals surface area contributed by atoms with Crippen molar-refractivity contribution in [3.05, 3.63) is 0 Å². The quantitative estimate of drug-likeness (QED) is 0.511. The van der Waals surface area contributed by atoms with Crippen LogP contribution in [0.25, 0.3) is 0 Å². The second kappa shape index (κ2) is 8.25. The van der Waals surface area contributed by atoms with Crippen molar-refractivity contribution in [2.45, 2.75) is 123 Å². The molecule has 0 aromatic heterocycles. The van der Waals surface area contributed by atoms with Crippen molar-refractivity contribution < 1.29 is 20.4 Å². The molecule has 4 unspecified atom stereocenters. The molecule has 4 saturated carbocycles. The van der Waals surface area contributed by atoms with Crippen LogP contribution in [-0.4, -0.2) is 44.3 Å². The Morgan fingerprint density at radius 1 is 0.871 bits per heavy atom. The van der Waals surface area contributed by atoms with Crippen LogP contribution >= 0.6 is 0 Å². The van der Waals surface area contributed by atoms with Crippen LogP contribution in [0, 0.1) is 46.3 Å². The standard InChI is InChI=1S/C27H48O4/c1-16(2)7-6-8-17(3)19-9-10-20-18-13-24(30)27(31)15-23(29)22(28)14-26(27,5)21(18)11-12-25(19,20)4/h16-24,28-31H,6-15H2,1-5H3/t17-,18+,19-,20+,21+,22?,23?,24?,25-,26-,27?/m1/s1. The molecule has 0 aromatic rings. The van der Waals surface area contributed by atoms with Gasteiger partial charge in [0.25, 0.3) is 0 Å². The molecule has 0 aliphatic heterocycles. The summed E-state index contributed by atoms with van der Waals surface area (Å²) in [4.78, 5) is 0. The van der Waals surface area contributed by atoms with Crippen LogP contribution in [0.4, 0.5) is 0 Å². The third kappa shape index (κ3) is 3.63. The number of aliphatic hydroxyl groups excluding tert-OH is 3. The van der Waals surface area contributed by atoms with Gasteiger partial charge in [-0.25, -0.2) is 0 Å². The topological polar surface area (TPSA) is 80.9 Å². The molecule has 4 aliphatic rings. The van der Waals surface area contributed by atoms with E-state index in [2.05, 4.69) is 34.6 Å². The van der Waals surface area contributed by atoms with Crippen LogP contribution in [0.3, 0.4) is 0 Å². The third-order valence-corrected chi connectivity index (χ3v) is 11.1. The van der Waals surface area contributed by atoms with Crippen LogP contribution in [-0.2, 0) is 0 Å². The van der Waals surface area contributed by atoms with E-state index in [9.17, 15) is 20.4 Å². The first-order valence-electron chi connectivity index (χ1n) is 13.2. The summed E-state index contributed by atoms with van der Waals surface area (Å²) in [6, 6.07) is 0. The highest BCUT2D eigenvalue weighted by atomic mass is 16.4. The van der Waals surface area contributed by atoms with Crippen LogP contribution in [0.2, 0.25) is 0 Å². The Labute approximate surface area is 189 Å². The van der Waals surface area contributed by atoms with Gasteiger partial charge < -0.3 is 20.4 Å². The summed E-state index contributed by atoms with van der Waals surface area (Å²) in [7, 11) is 0. The lowest BCUT2D eigenvalue weighted by molar-refractivity contribution is -0.280. The van der Waals surface area contributed by atoms with Gasteiger partial charge in [-0.15, -0.1) is 0 Å². The van der Waals surface area contributed by atoms with Crippen LogP contribution in [0.5, 0.6) is 0 Å². The maximum Gasteiger partial charge on any atom is 0.0987 e. The second-order valence-corrected chi connectivity index (χ2v) is 13.0. The van der Waals surface area contributed by atoms with Crippen molar-refractivity contribution in [1.82, 2.24) is 0 Å². The van der Waals surface area contributed by atoms with Gasteiger partial charge >= 0.3 is 0 Å². The van der Waals surface area contributed by atoms with Crippen molar-refractivity contribution >= 4 is 0 Å². The highest BCUT2D eigenvalue weighted by Crippen LogP contribution is 2.69. The van der Waals surface area contributed by atoms with E-state index in [1.54, 1.807) is 0 Å². The van der Waals surface area contributed by atoms with Gasteiger partial charge in [0.1, 0.15) is 0 Å².